The van der Waals surface area contributed by atoms with Crippen molar-refractivity contribution in [1.82, 2.24) is 9.38 Å². The molecule has 0 bridgehead atoms. The summed E-state index contributed by atoms with van der Waals surface area (Å²) in [5, 5.41) is 9.64. The number of aliphatic hydroxyl groups is 1. The molecule has 0 unspecified atom stereocenters. The lowest BCUT2D eigenvalue weighted by Gasteiger charge is -2.31. The second-order valence-corrected chi connectivity index (χ2v) is 6.76. The van der Waals surface area contributed by atoms with Crippen molar-refractivity contribution >= 4 is 17.2 Å². The molecule has 1 amide bonds. The third-order valence-electron chi connectivity index (χ3n) is 4.97. The zero-order valence-electron chi connectivity index (χ0n) is 14.5. The molecule has 4 rings (SSSR count). The molecular weight excluding hydrogens is 328 g/mol. The minimum atomic E-state index is -0.470. The maximum atomic E-state index is 11.9. The van der Waals surface area contributed by atoms with Crippen molar-refractivity contribution in [1.29, 1.82) is 0 Å². The Morgan fingerprint density at radius 1 is 1.15 bits per heavy atom. The van der Waals surface area contributed by atoms with Crippen molar-refractivity contribution < 1.29 is 9.90 Å². The highest BCUT2D eigenvalue weighted by molar-refractivity contribution is 5.93. The largest absolute Gasteiger partial charge is 0.393 e. The van der Waals surface area contributed by atoms with Gasteiger partial charge in [-0.3, -0.25) is 9.20 Å². The number of hydrogen-bond acceptors (Lipinski definition) is 4. The molecule has 1 aliphatic rings. The highest BCUT2D eigenvalue weighted by atomic mass is 16.3. The number of piperidine rings is 1. The van der Waals surface area contributed by atoms with Crippen LogP contribution in [0.5, 0.6) is 0 Å². The quantitative estimate of drug-likeness (QED) is 0.754. The lowest BCUT2D eigenvalue weighted by molar-refractivity contribution is 0.0994. The van der Waals surface area contributed by atoms with Gasteiger partial charge in [0.1, 0.15) is 11.3 Å². The minimum Gasteiger partial charge on any atom is -0.393 e. The summed E-state index contributed by atoms with van der Waals surface area (Å²) in [5.74, 6) is -0.470. The maximum absolute atomic E-state index is 11.9. The van der Waals surface area contributed by atoms with Gasteiger partial charge in [0, 0.05) is 31.4 Å². The Bertz CT molecular complexity index is 925. The van der Waals surface area contributed by atoms with Gasteiger partial charge < -0.3 is 15.7 Å². The van der Waals surface area contributed by atoms with Crippen LogP contribution in [0.4, 0.5) is 5.69 Å². The van der Waals surface area contributed by atoms with E-state index in [9.17, 15) is 9.90 Å². The van der Waals surface area contributed by atoms with Gasteiger partial charge in [-0.25, -0.2) is 4.98 Å². The average molecular weight is 350 g/mol. The Morgan fingerprint density at radius 3 is 2.58 bits per heavy atom. The van der Waals surface area contributed by atoms with E-state index in [0.717, 1.165) is 42.8 Å². The van der Waals surface area contributed by atoms with Crippen molar-refractivity contribution in [3.05, 3.63) is 65.6 Å². The van der Waals surface area contributed by atoms with Crippen LogP contribution in [0.3, 0.4) is 0 Å². The van der Waals surface area contributed by atoms with E-state index < -0.39 is 5.91 Å². The summed E-state index contributed by atoms with van der Waals surface area (Å²) in [6.07, 6.45) is 3.81. The Hall–Kier alpha value is -2.86. The second kappa shape index (κ2) is 6.80. The Labute approximate surface area is 151 Å². The Balaban J connectivity index is 1.57. The van der Waals surface area contributed by atoms with Crippen LogP contribution >= 0.6 is 0 Å². The first-order chi connectivity index (χ1) is 12.6. The van der Waals surface area contributed by atoms with E-state index in [1.807, 2.05) is 18.2 Å². The first-order valence-electron chi connectivity index (χ1n) is 8.89. The van der Waals surface area contributed by atoms with Gasteiger partial charge in [-0.1, -0.05) is 18.2 Å². The third-order valence-corrected chi connectivity index (χ3v) is 4.97. The standard InChI is InChI=1S/C20H22N4O2/c21-20(26)19-17(22-18-3-1-2-10-24(18)19)13-14-4-6-15(7-5-14)23-11-8-16(25)9-12-23/h1-7,10,16,25H,8-9,11-13H2,(H2,21,26). The number of pyridine rings is 1. The number of carbonyl (C=O) groups is 1. The molecular formula is C20H22N4O2. The molecule has 0 atom stereocenters. The predicted octanol–water partition coefficient (Wildman–Crippen LogP) is 1.99. The SMILES string of the molecule is NC(=O)c1c(Cc2ccc(N3CCC(O)CC3)cc2)nc2ccccn12. The summed E-state index contributed by atoms with van der Waals surface area (Å²) in [7, 11) is 0. The molecule has 3 N–H and O–H groups in total. The molecule has 2 aromatic heterocycles. The highest BCUT2D eigenvalue weighted by Crippen LogP contribution is 2.22. The fraction of sp³-hybridized carbons (Fsp3) is 0.300. The fourth-order valence-corrected chi connectivity index (χ4v) is 3.57. The molecule has 1 fully saturated rings. The van der Waals surface area contributed by atoms with E-state index in [1.54, 1.807) is 10.6 Å². The Morgan fingerprint density at radius 2 is 1.88 bits per heavy atom. The third kappa shape index (κ3) is 3.15. The van der Waals surface area contributed by atoms with Crippen molar-refractivity contribution in [2.75, 3.05) is 18.0 Å². The molecule has 6 nitrogen and oxygen atoms in total. The molecule has 1 aromatic carbocycles. The van der Waals surface area contributed by atoms with Gasteiger partial charge in [0.2, 0.25) is 0 Å². The van der Waals surface area contributed by atoms with Crippen LogP contribution in [0.2, 0.25) is 0 Å². The van der Waals surface area contributed by atoms with Crippen molar-refractivity contribution in [3.63, 3.8) is 0 Å². The fourth-order valence-electron chi connectivity index (χ4n) is 3.57. The number of anilines is 1. The molecule has 26 heavy (non-hydrogen) atoms. The number of aliphatic hydroxyl groups excluding tert-OH is 1. The number of nitrogens with zero attached hydrogens (tertiary/aromatic N) is 3. The molecule has 0 saturated carbocycles. The van der Waals surface area contributed by atoms with Crippen LogP contribution < -0.4 is 10.6 Å². The number of primary amides is 1. The summed E-state index contributed by atoms with van der Waals surface area (Å²) in [6, 6.07) is 13.9. The summed E-state index contributed by atoms with van der Waals surface area (Å²) in [5.41, 5.74) is 9.68. The van der Waals surface area contributed by atoms with Crippen LogP contribution in [0.1, 0.15) is 34.6 Å². The van der Waals surface area contributed by atoms with E-state index in [-0.39, 0.29) is 6.10 Å². The van der Waals surface area contributed by atoms with Gasteiger partial charge in [0.15, 0.2) is 0 Å². The summed E-state index contributed by atoms with van der Waals surface area (Å²) < 4.78 is 1.74. The van der Waals surface area contributed by atoms with Crippen LogP contribution in [-0.4, -0.2) is 39.6 Å². The first-order valence-corrected chi connectivity index (χ1v) is 8.89. The van der Waals surface area contributed by atoms with Gasteiger partial charge in [-0.05, 0) is 42.7 Å². The van der Waals surface area contributed by atoms with E-state index in [1.165, 1.54) is 0 Å². The zero-order chi connectivity index (χ0) is 18.1. The number of imidazole rings is 1. The molecule has 1 aliphatic heterocycles. The van der Waals surface area contributed by atoms with Crippen molar-refractivity contribution in [2.24, 2.45) is 5.73 Å². The second-order valence-electron chi connectivity index (χ2n) is 6.76. The number of carbonyl (C=O) groups excluding carboxylic acids is 1. The topological polar surface area (TPSA) is 83.9 Å². The Kier molecular flexibility index (Phi) is 4.34. The van der Waals surface area contributed by atoms with Gasteiger partial charge in [-0.2, -0.15) is 0 Å². The lowest BCUT2D eigenvalue weighted by Crippen LogP contribution is -2.35. The normalized spacial score (nSPS) is 15.5. The number of benzene rings is 1. The zero-order valence-corrected chi connectivity index (χ0v) is 14.5. The highest BCUT2D eigenvalue weighted by Gasteiger charge is 2.19. The maximum Gasteiger partial charge on any atom is 0.267 e. The first kappa shape index (κ1) is 16.6. The van der Waals surface area contributed by atoms with Gasteiger partial charge in [0.05, 0.1) is 11.8 Å². The van der Waals surface area contributed by atoms with Gasteiger partial charge >= 0.3 is 0 Å². The van der Waals surface area contributed by atoms with E-state index in [2.05, 4.69) is 34.1 Å². The van der Waals surface area contributed by atoms with E-state index in [4.69, 9.17) is 5.73 Å². The molecule has 134 valence electrons. The van der Waals surface area contributed by atoms with Crippen molar-refractivity contribution in [2.45, 2.75) is 25.4 Å². The predicted molar refractivity (Wildman–Crippen MR) is 100 cm³/mol. The minimum absolute atomic E-state index is 0.173. The van der Waals surface area contributed by atoms with Gasteiger partial charge in [-0.15, -0.1) is 0 Å². The molecule has 6 heteroatoms. The summed E-state index contributed by atoms with van der Waals surface area (Å²) in [6.45, 7) is 1.75. The molecule has 0 aliphatic carbocycles. The van der Waals surface area contributed by atoms with Crippen molar-refractivity contribution in [3.8, 4) is 0 Å². The molecule has 3 heterocycles. The lowest BCUT2D eigenvalue weighted by atomic mass is 10.0. The molecule has 0 spiro atoms. The van der Waals surface area contributed by atoms with Gasteiger partial charge in [0.25, 0.3) is 5.91 Å². The number of rotatable bonds is 4. The average Bonchev–Trinajstić information content (AvgIpc) is 3.01. The van der Waals surface area contributed by atoms with Crippen LogP contribution in [-0.2, 0) is 6.42 Å². The molecule has 3 aromatic rings. The summed E-state index contributed by atoms with van der Waals surface area (Å²) in [4.78, 5) is 18.8. The van der Waals surface area contributed by atoms with E-state index in [0.29, 0.717) is 17.8 Å². The number of fused-ring (bicyclic) bond motifs is 1. The summed E-state index contributed by atoms with van der Waals surface area (Å²) >= 11 is 0. The monoisotopic (exact) mass is 350 g/mol. The van der Waals surface area contributed by atoms with Crippen LogP contribution in [0.15, 0.2) is 48.7 Å². The van der Waals surface area contributed by atoms with Crippen LogP contribution in [0, 0.1) is 0 Å². The molecule has 1 saturated heterocycles. The van der Waals surface area contributed by atoms with Crippen LogP contribution in [0.25, 0.3) is 5.65 Å². The number of amides is 1. The smallest absolute Gasteiger partial charge is 0.267 e. The number of aromatic nitrogens is 2. The number of nitrogens with two attached hydrogens (primary N) is 1. The number of hydrogen-bond donors (Lipinski definition) is 2. The molecule has 0 radical (unpaired) electrons. The van der Waals surface area contributed by atoms with E-state index >= 15 is 0 Å².